The van der Waals surface area contributed by atoms with Gasteiger partial charge in [0.25, 0.3) is 5.91 Å². The number of benzene rings is 1. The second-order valence-electron chi connectivity index (χ2n) is 10.5. The fourth-order valence-corrected chi connectivity index (χ4v) is 4.91. The van der Waals surface area contributed by atoms with E-state index in [4.69, 9.17) is 9.47 Å². The maximum absolute atomic E-state index is 14.3. The summed E-state index contributed by atoms with van der Waals surface area (Å²) in [7, 11) is 2.66. The van der Waals surface area contributed by atoms with Crippen LogP contribution in [0.15, 0.2) is 18.2 Å². The largest absolute Gasteiger partial charge is 0.496 e. The SMILES string of the molecule is COC(=O)C(C[C@@H]1CC(C)(C)NC1=O)NC(=O)C(CC1CC1)NC(=O)c1cc2c(OC)ccc(F)c2[nH]1. The minimum Gasteiger partial charge on any atom is -0.496 e. The van der Waals surface area contributed by atoms with Crippen molar-refractivity contribution in [3.8, 4) is 5.75 Å². The number of esters is 1. The summed E-state index contributed by atoms with van der Waals surface area (Å²) in [5.74, 6) is -2.32. The molecule has 37 heavy (non-hydrogen) atoms. The third kappa shape index (κ3) is 6.03. The molecular weight excluding hydrogens is 483 g/mol. The Hall–Kier alpha value is -3.63. The second kappa shape index (κ2) is 10.4. The topological polar surface area (TPSA) is 139 Å². The molecule has 2 heterocycles. The number of aromatic nitrogens is 1. The van der Waals surface area contributed by atoms with Crippen molar-refractivity contribution in [2.45, 2.75) is 63.6 Å². The van der Waals surface area contributed by atoms with Gasteiger partial charge in [-0.1, -0.05) is 12.8 Å². The number of ether oxygens (including phenoxy) is 2. The standard InChI is InChI=1S/C26H33FN4O6/c1-26(2)12-14(22(32)31-26)10-19(25(35)37-4)30-23(33)17(9-13-5-6-13)29-24(34)18-11-15-20(36-3)8-7-16(27)21(15)28-18/h7-8,11,13-14,17,19,28H,5-6,9-10,12H2,1-4H3,(H,29,34)(H,30,33)(H,31,32)/t14-,17?,19?/m1/s1. The summed E-state index contributed by atoms with van der Waals surface area (Å²) in [6.45, 7) is 3.78. The van der Waals surface area contributed by atoms with E-state index in [-0.39, 0.29) is 29.5 Å². The van der Waals surface area contributed by atoms with Crippen LogP contribution in [0, 0.1) is 17.7 Å². The number of hydrogen-bond acceptors (Lipinski definition) is 6. The molecule has 4 N–H and O–H groups in total. The van der Waals surface area contributed by atoms with Gasteiger partial charge in [-0.25, -0.2) is 9.18 Å². The zero-order valence-electron chi connectivity index (χ0n) is 21.4. The minimum absolute atomic E-state index is 0.0707. The van der Waals surface area contributed by atoms with Crippen LogP contribution < -0.4 is 20.7 Å². The first-order valence-corrected chi connectivity index (χ1v) is 12.4. The molecule has 10 nitrogen and oxygen atoms in total. The van der Waals surface area contributed by atoms with E-state index in [2.05, 4.69) is 20.9 Å². The number of rotatable bonds is 10. The molecule has 1 aromatic carbocycles. The van der Waals surface area contributed by atoms with Crippen molar-refractivity contribution in [1.82, 2.24) is 20.9 Å². The lowest BCUT2D eigenvalue weighted by atomic mass is 9.91. The maximum atomic E-state index is 14.3. The lowest BCUT2D eigenvalue weighted by Gasteiger charge is -2.23. The van der Waals surface area contributed by atoms with E-state index >= 15 is 0 Å². The van der Waals surface area contributed by atoms with Gasteiger partial charge in [0.05, 0.1) is 19.7 Å². The summed E-state index contributed by atoms with van der Waals surface area (Å²) in [5.41, 5.74) is -0.214. The zero-order valence-corrected chi connectivity index (χ0v) is 21.4. The molecule has 200 valence electrons. The average molecular weight is 517 g/mol. The molecule has 1 aliphatic carbocycles. The summed E-state index contributed by atoms with van der Waals surface area (Å²) in [5, 5.41) is 8.70. The van der Waals surface area contributed by atoms with Crippen molar-refractivity contribution < 1.29 is 33.0 Å². The van der Waals surface area contributed by atoms with Crippen molar-refractivity contribution in [1.29, 1.82) is 0 Å². The van der Waals surface area contributed by atoms with Gasteiger partial charge in [0, 0.05) is 16.8 Å². The number of fused-ring (bicyclic) bond motifs is 1. The number of hydrogen-bond donors (Lipinski definition) is 4. The van der Waals surface area contributed by atoms with Gasteiger partial charge in [0.1, 0.15) is 29.3 Å². The molecule has 0 spiro atoms. The summed E-state index contributed by atoms with van der Waals surface area (Å²) < 4.78 is 24.4. The lowest BCUT2D eigenvalue weighted by Crippen LogP contribution is -2.52. The number of H-pyrrole nitrogens is 1. The molecular formula is C26H33FN4O6. The van der Waals surface area contributed by atoms with E-state index in [1.165, 1.54) is 32.4 Å². The highest BCUT2D eigenvalue weighted by Gasteiger charge is 2.41. The molecule has 2 aromatic rings. The minimum atomic E-state index is -1.05. The van der Waals surface area contributed by atoms with Gasteiger partial charge >= 0.3 is 5.97 Å². The number of amides is 3. The van der Waals surface area contributed by atoms with E-state index < -0.39 is 47.1 Å². The van der Waals surface area contributed by atoms with Crippen LogP contribution in [0.3, 0.4) is 0 Å². The van der Waals surface area contributed by atoms with Gasteiger partial charge in [-0.3, -0.25) is 14.4 Å². The third-order valence-electron chi connectivity index (χ3n) is 6.97. The van der Waals surface area contributed by atoms with Crippen molar-refractivity contribution in [2.75, 3.05) is 14.2 Å². The Balaban J connectivity index is 1.50. The number of nitrogens with one attached hydrogen (secondary N) is 4. The van der Waals surface area contributed by atoms with Gasteiger partial charge < -0.3 is 30.4 Å². The molecule has 1 aromatic heterocycles. The van der Waals surface area contributed by atoms with Crippen LogP contribution in [0.5, 0.6) is 5.75 Å². The summed E-state index contributed by atoms with van der Waals surface area (Å²) in [6.07, 6.45) is 2.86. The predicted molar refractivity (Wildman–Crippen MR) is 132 cm³/mol. The molecule has 2 unspecified atom stereocenters. The van der Waals surface area contributed by atoms with Crippen LogP contribution in [0.4, 0.5) is 4.39 Å². The Morgan fingerprint density at radius 1 is 1.14 bits per heavy atom. The van der Waals surface area contributed by atoms with Crippen molar-refractivity contribution in [2.24, 2.45) is 11.8 Å². The van der Waals surface area contributed by atoms with Crippen molar-refractivity contribution in [3.05, 3.63) is 29.7 Å². The molecule has 1 saturated heterocycles. The lowest BCUT2D eigenvalue weighted by molar-refractivity contribution is -0.146. The van der Waals surface area contributed by atoms with Crippen molar-refractivity contribution in [3.63, 3.8) is 0 Å². The molecule has 2 aliphatic rings. The fraction of sp³-hybridized carbons (Fsp3) is 0.538. The van der Waals surface area contributed by atoms with Gasteiger partial charge in [-0.05, 0) is 57.2 Å². The number of methoxy groups -OCH3 is 2. The van der Waals surface area contributed by atoms with Gasteiger partial charge in [0.2, 0.25) is 11.8 Å². The van der Waals surface area contributed by atoms with Crippen LogP contribution in [0.25, 0.3) is 10.9 Å². The smallest absolute Gasteiger partial charge is 0.328 e. The van der Waals surface area contributed by atoms with E-state index in [1.54, 1.807) is 0 Å². The summed E-state index contributed by atoms with van der Waals surface area (Å²) in [4.78, 5) is 54.0. The Labute approximate surface area is 214 Å². The molecule has 2 fully saturated rings. The highest BCUT2D eigenvalue weighted by molar-refractivity contribution is 6.02. The fourth-order valence-electron chi connectivity index (χ4n) is 4.91. The van der Waals surface area contributed by atoms with Crippen LogP contribution in [0.2, 0.25) is 0 Å². The quantitative estimate of drug-likeness (QED) is 0.357. The molecule has 1 aliphatic heterocycles. The van der Waals surface area contributed by atoms with E-state index in [1.807, 2.05) is 13.8 Å². The maximum Gasteiger partial charge on any atom is 0.328 e. The molecule has 0 bridgehead atoms. The molecule has 4 rings (SSSR count). The van der Waals surface area contributed by atoms with Gasteiger partial charge in [-0.15, -0.1) is 0 Å². The van der Waals surface area contributed by atoms with Crippen LogP contribution in [-0.4, -0.2) is 60.5 Å². The Morgan fingerprint density at radius 2 is 1.86 bits per heavy atom. The molecule has 3 amide bonds. The zero-order chi connectivity index (χ0) is 26.9. The van der Waals surface area contributed by atoms with Crippen LogP contribution in [-0.2, 0) is 19.1 Å². The number of aromatic amines is 1. The van der Waals surface area contributed by atoms with Crippen LogP contribution in [0.1, 0.15) is 56.4 Å². The number of halogens is 1. The monoisotopic (exact) mass is 516 g/mol. The molecule has 0 radical (unpaired) electrons. The Morgan fingerprint density at radius 3 is 2.46 bits per heavy atom. The summed E-state index contributed by atoms with van der Waals surface area (Å²) >= 11 is 0. The molecule has 11 heteroatoms. The first-order valence-electron chi connectivity index (χ1n) is 12.4. The third-order valence-corrected chi connectivity index (χ3v) is 6.97. The first-order chi connectivity index (χ1) is 17.5. The van der Waals surface area contributed by atoms with Gasteiger partial charge in [-0.2, -0.15) is 0 Å². The Bertz CT molecular complexity index is 1220. The van der Waals surface area contributed by atoms with E-state index in [0.717, 1.165) is 12.8 Å². The predicted octanol–water partition coefficient (Wildman–Crippen LogP) is 2.18. The number of carbonyl (C=O) groups excluding carboxylic acids is 4. The van der Waals surface area contributed by atoms with Gasteiger partial charge in [0.15, 0.2) is 0 Å². The van der Waals surface area contributed by atoms with Crippen molar-refractivity contribution >= 4 is 34.6 Å². The normalized spacial score (nSPS) is 20.1. The average Bonchev–Trinajstić information content (AvgIpc) is 3.47. The highest BCUT2D eigenvalue weighted by Crippen LogP contribution is 2.34. The molecule has 3 atom stereocenters. The summed E-state index contributed by atoms with van der Waals surface area (Å²) in [6, 6.07) is 2.19. The Kier molecular flexibility index (Phi) is 7.42. The highest BCUT2D eigenvalue weighted by atomic mass is 19.1. The van der Waals surface area contributed by atoms with Crippen LogP contribution >= 0.6 is 0 Å². The van der Waals surface area contributed by atoms with E-state index in [9.17, 15) is 23.6 Å². The first kappa shape index (κ1) is 26.4. The second-order valence-corrected chi connectivity index (χ2v) is 10.5. The number of carbonyl (C=O) groups is 4. The van der Waals surface area contributed by atoms with E-state index in [0.29, 0.717) is 24.0 Å². The molecule has 1 saturated carbocycles.